The van der Waals surface area contributed by atoms with Crippen LogP contribution in [0.15, 0.2) is 105 Å². The van der Waals surface area contributed by atoms with Gasteiger partial charge in [-0.05, 0) is 36.4 Å². The predicted octanol–water partition coefficient (Wildman–Crippen LogP) is 1.92. The maximum atomic E-state index is 13.3. The number of nitrogens with one attached hydrogen (secondary N) is 2. The monoisotopic (exact) mass is 387 g/mol. The van der Waals surface area contributed by atoms with Crippen molar-refractivity contribution in [3.63, 3.8) is 0 Å². The van der Waals surface area contributed by atoms with Crippen LogP contribution in [-0.4, -0.2) is 24.1 Å². The lowest BCUT2D eigenvalue weighted by Gasteiger charge is -2.10. The number of H-pyrrole nitrogens is 2. The molecule has 4 aromatic rings. The first-order chi connectivity index (χ1) is 14.1. The standard InChI is InChI=1S/C21H17N5O3/c27-19-22-25(17-12-6-2-7-13-17)20(28)23-26(18-14-8-3-9-15-18)21(29)24(19)16-10-4-1-5-11-16/h1-15H,(H,22,27)(H,23,28). The van der Waals surface area contributed by atoms with Crippen LogP contribution in [-0.2, 0) is 0 Å². The Morgan fingerprint density at radius 2 is 0.897 bits per heavy atom. The Balaban J connectivity index is 2.17. The van der Waals surface area contributed by atoms with Crippen molar-refractivity contribution in [2.45, 2.75) is 0 Å². The van der Waals surface area contributed by atoms with Crippen LogP contribution in [0.4, 0.5) is 0 Å². The summed E-state index contributed by atoms with van der Waals surface area (Å²) in [4.78, 5) is 39.2. The highest BCUT2D eigenvalue weighted by molar-refractivity contribution is 5.33. The normalized spacial score (nSPS) is 10.5. The summed E-state index contributed by atoms with van der Waals surface area (Å²) in [6.07, 6.45) is 0. The molecular weight excluding hydrogens is 370 g/mol. The third-order valence-corrected chi connectivity index (χ3v) is 4.25. The lowest BCUT2D eigenvalue weighted by atomic mass is 10.3. The van der Waals surface area contributed by atoms with Gasteiger partial charge in [-0.3, -0.25) is 0 Å². The topological polar surface area (TPSA) is 97.6 Å². The van der Waals surface area contributed by atoms with Crippen molar-refractivity contribution >= 4 is 0 Å². The molecule has 8 heteroatoms. The van der Waals surface area contributed by atoms with Crippen LogP contribution in [0.5, 0.6) is 0 Å². The Morgan fingerprint density at radius 1 is 0.483 bits per heavy atom. The van der Waals surface area contributed by atoms with Crippen molar-refractivity contribution in [1.29, 1.82) is 0 Å². The van der Waals surface area contributed by atoms with Crippen LogP contribution >= 0.6 is 0 Å². The first-order valence-corrected chi connectivity index (χ1v) is 8.86. The van der Waals surface area contributed by atoms with Gasteiger partial charge in [0, 0.05) is 0 Å². The van der Waals surface area contributed by atoms with Gasteiger partial charge in [0.05, 0.1) is 17.1 Å². The van der Waals surface area contributed by atoms with Gasteiger partial charge in [0.25, 0.3) is 0 Å². The smallest absolute Gasteiger partial charge is 0.246 e. The van der Waals surface area contributed by atoms with E-state index in [2.05, 4.69) is 10.2 Å². The zero-order valence-corrected chi connectivity index (χ0v) is 15.2. The fourth-order valence-electron chi connectivity index (χ4n) is 2.89. The molecule has 1 heterocycles. The average Bonchev–Trinajstić information content (AvgIpc) is 2.77. The molecule has 2 N–H and O–H groups in total. The van der Waals surface area contributed by atoms with Gasteiger partial charge in [0.1, 0.15) is 0 Å². The number of hydrogen-bond acceptors (Lipinski definition) is 3. The van der Waals surface area contributed by atoms with E-state index in [1.165, 1.54) is 0 Å². The molecule has 8 nitrogen and oxygen atoms in total. The Labute approximate surface area is 164 Å². The van der Waals surface area contributed by atoms with Gasteiger partial charge < -0.3 is 0 Å². The molecule has 144 valence electrons. The van der Waals surface area contributed by atoms with Crippen molar-refractivity contribution in [3.05, 3.63) is 122 Å². The molecule has 0 aliphatic carbocycles. The molecule has 0 fully saturated rings. The highest BCUT2D eigenvalue weighted by atomic mass is 16.2. The van der Waals surface area contributed by atoms with Crippen LogP contribution in [0.2, 0.25) is 0 Å². The van der Waals surface area contributed by atoms with Crippen molar-refractivity contribution in [3.8, 4) is 17.1 Å². The summed E-state index contributed by atoms with van der Waals surface area (Å²) in [5.74, 6) is 0. The maximum absolute atomic E-state index is 13.3. The van der Waals surface area contributed by atoms with E-state index in [1.54, 1.807) is 91.0 Å². The first kappa shape index (κ1) is 18.1. The fraction of sp³-hybridized carbons (Fsp3) is 0. The molecular formula is C21H17N5O3. The van der Waals surface area contributed by atoms with Gasteiger partial charge >= 0.3 is 17.1 Å². The molecule has 0 radical (unpaired) electrons. The molecule has 0 aliphatic rings. The van der Waals surface area contributed by atoms with E-state index in [0.29, 0.717) is 17.1 Å². The average molecular weight is 387 g/mol. The molecule has 0 aliphatic heterocycles. The summed E-state index contributed by atoms with van der Waals surface area (Å²) in [6, 6.07) is 25.7. The van der Waals surface area contributed by atoms with Crippen molar-refractivity contribution in [1.82, 2.24) is 24.1 Å². The molecule has 0 amide bonds. The molecule has 0 saturated carbocycles. The van der Waals surface area contributed by atoms with Gasteiger partial charge in [-0.2, -0.15) is 0 Å². The number of nitrogens with zero attached hydrogens (tertiary/aromatic N) is 3. The number of para-hydroxylation sites is 3. The van der Waals surface area contributed by atoms with E-state index >= 15 is 0 Å². The summed E-state index contributed by atoms with van der Waals surface area (Å²) in [5.41, 5.74) is -0.959. The zero-order chi connectivity index (χ0) is 20.2. The van der Waals surface area contributed by atoms with Crippen LogP contribution in [0.25, 0.3) is 17.1 Å². The molecule has 0 atom stereocenters. The van der Waals surface area contributed by atoms with E-state index in [-0.39, 0.29) is 0 Å². The van der Waals surface area contributed by atoms with Crippen molar-refractivity contribution < 1.29 is 0 Å². The number of aromatic amines is 2. The minimum atomic E-state index is -0.763. The van der Waals surface area contributed by atoms with E-state index in [9.17, 15) is 14.4 Å². The summed E-state index contributed by atoms with van der Waals surface area (Å²) >= 11 is 0. The quantitative estimate of drug-likeness (QED) is 0.562. The molecule has 29 heavy (non-hydrogen) atoms. The van der Waals surface area contributed by atoms with E-state index in [1.807, 2.05) is 0 Å². The zero-order valence-electron chi connectivity index (χ0n) is 15.2. The number of rotatable bonds is 3. The van der Waals surface area contributed by atoms with E-state index in [0.717, 1.165) is 13.9 Å². The Morgan fingerprint density at radius 3 is 1.41 bits per heavy atom. The minimum Gasteiger partial charge on any atom is -0.246 e. The lowest BCUT2D eigenvalue weighted by Crippen LogP contribution is -2.43. The van der Waals surface area contributed by atoms with Crippen LogP contribution in [0.1, 0.15) is 0 Å². The second-order valence-corrected chi connectivity index (χ2v) is 6.13. The molecule has 4 rings (SSSR count). The Hall–Kier alpha value is -4.33. The van der Waals surface area contributed by atoms with E-state index in [4.69, 9.17) is 0 Å². The molecule has 1 aromatic heterocycles. The van der Waals surface area contributed by atoms with Gasteiger partial charge in [0.2, 0.25) is 0 Å². The van der Waals surface area contributed by atoms with Gasteiger partial charge in [-0.25, -0.2) is 38.5 Å². The summed E-state index contributed by atoms with van der Waals surface area (Å²) in [5, 5.41) is 5.06. The van der Waals surface area contributed by atoms with Crippen molar-refractivity contribution in [2.75, 3.05) is 0 Å². The number of aromatic nitrogens is 5. The number of benzene rings is 3. The lowest BCUT2D eigenvalue weighted by molar-refractivity contribution is 0.624. The molecule has 0 bridgehead atoms. The molecule has 3 aromatic carbocycles. The Bertz CT molecular complexity index is 1340. The van der Waals surface area contributed by atoms with Crippen LogP contribution in [0.3, 0.4) is 0 Å². The summed E-state index contributed by atoms with van der Waals surface area (Å²) < 4.78 is 3.06. The minimum absolute atomic E-state index is 0.361. The van der Waals surface area contributed by atoms with Gasteiger partial charge in [-0.1, -0.05) is 54.6 Å². The molecule has 0 saturated heterocycles. The fourth-order valence-corrected chi connectivity index (χ4v) is 2.89. The Kier molecular flexibility index (Phi) is 4.81. The van der Waals surface area contributed by atoms with Crippen LogP contribution < -0.4 is 17.1 Å². The second kappa shape index (κ2) is 7.73. The highest BCUT2D eigenvalue weighted by Crippen LogP contribution is 2.04. The summed E-state index contributed by atoms with van der Waals surface area (Å²) in [6.45, 7) is 0. The molecule has 0 unspecified atom stereocenters. The maximum Gasteiger partial charge on any atom is 0.360 e. The molecule has 0 spiro atoms. The first-order valence-electron chi connectivity index (χ1n) is 8.86. The largest absolute Gasteiger partial charge is 0.360 e. The van der Waals surface area contributed by atoms with Gasteiger partial charge in [-0.15, -0.1) is 0 Å². The van der Waals surface area contributed by atoms with Gasteiger partial charge in [0.15, 0.2) is 0 Å². The summed E-state index contributed by atoms with van der Waals surface area (Å²) in [7, 11) is 0. The van der Waals surface area contributed by atoms with Crippen LogP contribution in [0, 0.1) is 0 Å². The number of hydrogen-bond donors (Lipinski definition) is 2. The third-order valence-electron chi connectivity index (χ3n) is 4.25. The SMILES string of the molecule is O=c1[nH]n(-c2ccccc2)c(=O)n(-c2ccccc2)c(=O)[nH]n1-c1ccccc1. The van der Waals surface area contributed by atoms with E-state index < -0.39 is 17.1 Å². The predicted molar refractivity (Wildman–Crippen MR) is 110 cm³/mol. The highest BCUT2D eigenvalue weighted by Gasteiger charge is 2.10. The van der Waals surface area contributed by atoms with Crippen molar-refractivity contribution in [2.24, 2.45) is 0 Å². The third kappa shape index (κ3) is 3.59. The second-order valence-electron chi connectivity index (χ2n) is 6.13.